The number of hydrogen-bond acceptors (Lipinski definition) is 3. The third-order valence-corrected chi connectivity index (χ3v) is 4.22. The number of nitrogens with one attached hydrogen (secondary N) is 1. The monoisotopic (exact) mass is 320 g/mol. The molecule has 0 atom stereocenters. The molecule has 1 heterocycles. The number of nitrogens with zero attached hydrogens (tertiary/aromatic N) is 1. The number of carbonyl (C=O) groups is 2. The second-order valence-electron chi connectivity index (χ2n) is 6.81. The lowest BCUT2D eigenvalue weighted by Crippen LogP contribution is -2.40. The first-order valence-corrected chi connectivity index (χ1v) is 8.67. The molecule has 0 saturated heterocycles. The van der Waals surface area contributed by atoms with Gasteiger partial charge in [0.1, 0.15) is 6.26 Å². The predicted octanol–water partition coefficient (Wildman–Crippen LogP) is 3.22. The van der Waals surface area contributed by atoms with E-state index in [1.54, 1.807) is 11.0 Å². The number of hydrogen-bond donors (Lipinski definition) is 1. The fraction of sp³-hybridized carbons (Fsp3) is 0.667. The van der Waals surface area contributed by atoms with Crippen LogP contribution in [0.5, 0.6) is 0 Å². The first-order valence-electron chi connectivity index (χ1n) is 8.67. The second kappa shape index (κ2) is 8.75. The van der Waals surface area contributed by atoms with Crippen molar-refractivity contribution in [3.8, 4) is 0 Å². The molecule has 0 aliphatic heterocycles. The molecule has 1 aliphatic rings. The third kappa shape index (κ3) is 5.73. The Labute approximate surface area is 138 Å². The van der Waals surface area contributed by atoms with Crippen LogP contribution in [0.25, 0.3) is 0 Å². The van der Waals surface area contributed by atoms with Gasteiger partial charge in [-0.05, 0) is 24.8 Å². The minimum absolute atomic E-state index is 0.0469. The molecule has 2 rings (SSSR count). The fourth-order valence-corrected chi connectivity index (χ4v) is 3.07. The summed E-state index contributed by atoms with van der Waals surface area (Å²) >= 11 is 0. The Bertz CT molecular complexity index is 490. The van der Waals surface area contributed by atoms with Crippen molar-refractivity contribution < 1.29 is 14.0 Å². The van der Waals surface area contributed by atoms with Crippen LogP contribution in [0, 0.1) is 5.92 Å². The zero-order valence-electron chi connectivity index (χ0n) is 14.2. The van der Waals surface area contributed by atoms with Crippen LogP contribution in [0.2, 0.25) is 0 Å². The lowest BCUT2D eigenvalue weighted by molar-refractivity contribution is -0.122. The molecule has 5 nitrogen and oxygen atoms in total. The summed E-state index contributed by atoms with van der Waals surface area (Å²) in [7, 11) is 0. The highest BCUT2D eigenvalue weighted by atomic mass is 16.3. The molecule has 128 valence electrons. The maximum absolute atomic E-state index is 12.5. The van der Waals surface area contributed by atoms with Gasteiger partial charge in [-0.3, -0.25) is 9.59 Å². The minimum Gasteiger partial charge on any atom is -0.472 e. The summed E-state index contributed by atoms with van der Waals surface area (Å²) < 4.78 is 4.99. The number of amides is 2. The van der Waals surface area contributed by atoms with Crippen molar-refractivity contribution >= 4 is 11.8 Å². The van der Waals surface area contributed by atoms with Crippen molar-refractivity contribution in [1.29, 1.82) is 0 Å². The van der Waals surface area contributed by atoms with Gasteiger partial charge < -0.3 is 14.6 Å². The Morgan fingerprint density at radius 3 is 2.65 bits per heavy atom. The lowest BCUT2D eigenvalue weighted by atomic mass is 9.95. The van der Waals surface area contributed by atoms with Crippen molar-refractivity contribution in [2.45, 2.75) is 58.4 Å². The Morgan fingerprint density at radius 1 is 1.30 bits per heavy atom. The first kappa shape index (κ1) is 17.6. The van der Waals surface area contributed by atoms with Crippen molar-refractivity contribution in [2.75, 3.05) is 13.1 Å². The van der Waals surface area contributed by atoms with E-state index in [4.69, 9.17) is 4.42 Å². The molecule has 23 heavy (non-hydrogen) atoms. The molecule has 1 aliphatic carbocycles. The molecule has 0 radical (unpaired) electrons. The molecule has 2 amide bonds. The molecule has 0 unspecified atom stereocenters. The summed E-state index contributed by atoms with van der Waals surface area (Å²) in [5.41, 5.74) is 0.540. The van der Waals surface area contributed by atoms with Gasteiger partial charge in [0.15, 0.2) is 0 Å². The molecular weight excluding hydrogens is 292 g/mol. The Kier molecular flexibility index (Phi) is 6.68. The van der Waals surface area contributed by atoms with E-state index in [9.17, 15) is 9.59 Å². The summed E-state index contributed by atoms with van der Waals surface area (Å²) in [6.07, 6.45) is 9.13. The van der Waals surface area contributed by atoms with Gasteiger partial charge in [-0.15, -0.1) is 0 Å². The SMILES string of the molecule is CC(C)CN(CCC(=O)NC1CCCCC1)C(=O)c1ccoc1. The van der Waals surface area contributed by atoms with Crippen molar-refractivity contribution in [1.82, 2.24) is 10.2 Å². The van der Waals surface area contributed by atoms with Crippen LogP contribution in [-0.4, -0.2) is 35.8 Å². The molecule has 1 aromatic heterocycles. The van der Waals surface area contributed by atoms with E-state index in [-0.39, 0.29) is 11.8 Å². The molecule has 0 bridgehead atoms. The Balaban J connectivity index is 1.84. The van der Waals surface area contributed by atoms with E-state index >= 15 is 0 Å². The van der Waals surface area contributed by atoms with E-state index in [0.717, 1.165) is 12.8 Å². The van der Waals surface area contributed by atoms with Gasteiger partial charge in [0.2, 0.25) is 5.91 Å². The molecule has 1 saturated carbocycles. The average molecular weight is 320 g/mol. The van der Waals surface area contributed by atoms with Gasteiger partial charge in [0.25, 0.3) is 5.91 Å². The first-order chi connectivity index (χ1) is 11.1. The zero-order chi connectivity index (χ0) is 16.7. The Hall–Kier alpha value is -1.78. The highest BCUT2D eigenvalue weighted by Gasteiger charge is 2.20. The van der Waals surface area contributed by atoms with Gasteiger partial charge in [-0.2, -0.15) is 0 Å². The Morgan fingerprint density at radius 2 is 2.04 bits per heavy atom. The fourth-order valence-electron chi connectivity index (χ4n) is 3.07. The zero-order valence-corrected chi connectivity index (χ0v) is 14.2. The van der Waals surface area contributed by atoms with Crippen LogP contribution in [0.4, 0.5) is 0 Å². The maximum Gasteiger partial charge on any atom is 0.257 e. The van der Waals surface area contributed by atoms with Crippen LogP contribution in [0.1, 0.15) is 62.7 Å². The van der Waals surface area contributed by atoms with E-state index in [1.807, 2.05) is 0 Å². The molecular formula is C18H28N2O3. The molecule has 1 N–H and O–H groups in total. The summed E-state index contributed by atoms with van der Waals surface area (Å²) in [5.74, 6) is 0.329. The third-order valence-electron chi connectivity index (χ3n) is 4.22. The molecule has 1 fully saturated rings. The lowest BCUT2D eigenvalue weighted by Gasteiger charge is -2.26. The van der Waals surface area contributed by atoms with Crippen LogP contribution in [-0.2, 0) is 4.79 Å². The van der Waals surface area contributed by atoms with E-state index in [1.165, 1.54) is 31.8 Å². The summed E-state index contributed by atoms with van der Waals surface area (Å²) in [5, 5.41) is 3.11. The van der Waals surface area contributed by atoms with Crippen LogP contribution in [0.3, 0.4) is 0 Å². The normalized spacial score (nSPS) is 15.6. The highest BCUT2D eigenvalue weighted by Crippen LogP contribution is 2.17. The second-order valence-corrected chi connectivity index (χ2v) is 6.81. The van der Waals surface area contributed by atoms with Crippen molar-refractivity contribution in [3.05, 3.63) is 24.2 Å². The van der Waals surface area contributed by atoms with Crippen LogP contribution < -0.4 is 5.32 Å². The molecule has 0 aromatic carbocycles. The number of rotatable bonds is 7. The topological polar surface area (TPSA) is 62.6 Å². The number of carbonyl (C=O) groups excluding carboxylic acids is 2. The van der Waals surface area contributed by atoms with Gasteiger partial charge in [0.05, 0.1) is 11.8 Å². The summed E-state index contributed by atoms with van der Waals surface area (Å²) in [6, 6.07) is 1.98. The van der Waals surface area contributed by atoms with Crippen LogP contribution >= 0.6 is 0 Å². The molecule has 1 aromatic rings. The highest BCUT2D eigenvalue weighted by molar-refractivity contribution is 5.94. The average Bonchev–Trinajstić information content (AvgIpc) is 3.05. The van der Waals surface area contributed by atoms with Gasteiger partial charge in [0, 0.05) is 25.6 Å². The largest absolute Gasteiger partial charge is 0.472 e. The van der Waals surface area contributed by atoms with Gasteiger partial charge in [-0.25, -0.2) is 0 Å². The van der Waals surface area contributed by atoms with Crippen molar-refractivity contribution in [2.24, 2.45) is 5.92 Å². The quantitative estimate of drug-likeness (QED) is 0.839. The van der Waals surface area contributed by atoms with E-state index < -0.39 is 0 Å². The van der Waals surface area contributed by atoms with Crippen LogP contribution in [0.15, 0.2) is 23.0 Å². The maximum atomic E-state index is 12.5. The molecule has 5 heteroatoms. The standard InChI is InChI=1S/C18H28N2O3/c1-14(2)12-20(18(22)15-9-11-23-13-15)10-8-17(21)19-16-6-4-3-5-7-16/h9,11,13-14,16H,3-8,10,12H2,1-2H3,(H,19,21). The number of furan rings is 1. The smallest absolute Gasteiger partial charge is 0.257 e. The minimum atomic E-state index is -0.0714. The molecule has 0 spiro atoms. The van der Waals surface area contributed by atoms with E-state index in [0.29, 0.717) is 37.0 Å². The summed E-state index contributed by atoms with van der Waals surface area (Å²) in [6.45, 7) is 5.22. The predicted molar refractivity (Wildman–Crippen MR) is 89.1 cm³/mol. The van der Waals surface area contributed by atoms with Gasteiger partial charge >= 0.3 is 0 Å². The van der Waals surface area contributed by atoms with Gasteiger partial charge in [-0.1, -0.05) is 33.1 Å². The van der Waals surface area contributed by atoms with E-state index in [2.05, 4.69) is 19.2 Å². The summed E-state index contributed by atoms with van der Waals surface area (Å²) in [4.78, 5) is 26.4. The van der Waals surface area contributed by atoms with Crippen molar-refractivity contribution in [3.63, 3.8) is 0 Å².